The summed E-state index contributed by atoms with van der Waals surface area (Å²) in [6.07, 6.45) is 5.98. The Labute approximate surface area is 176 Å². The van der Waals surface area contributed by atoms with Crippen molar-refractivity contribution in [2.75, 3.05) is 26.2 Å². The molecule has 4 rings (SSSR count). The molecule has 0 radical (unpaired) electrons. The van der Waals surface area contributed by atoms with Crippen LogP contribution >= 0.6 is 11.3 Å². The molecule has 2 aromatic rings. The molecule has 1 aromatic carbocycles. The lowest BCUT2D eigenvalue weighted by molar-refractivity contribution is -0.133. The maximum atomic E-state index is 13.1. The van der Waals surface area contributed by atoms with Crippen LogP contribution in [0.5, 0.6) is 0 Å². The highest BCUT2D eigenvalue weighted by molar-refractivity contribution is 7.17. The maximum absolute atomic E-state index is 13.1. The first-order valence-electron chi connectivity index (χ1n) is 10.7. The van der Waals surface area contributed by atoms with E-state index in [0.29, 0.717) is 18.2 Å². The third-order valence-electron chi connectivity index (χ3n) is 6.09. The van der Waals surface area contributed by atoms with Gasteiger partial charge in [0.05, 0.1) is 5.69 Å². The van der Waals surface area contributed by atoms with Gasteiger partial charge in [-0.2, -0.15) is 0 Å². The van der Waals surface area contributed by atoms with Gasteiger partial charge in [0.2, 0.25) is 5.91 Å². The minimum atomic E-state index is 0.0861. The predicted molar refractivity (Wildman–Crippen MR) is 116 cm³/mol. The molecule has 0 N–H and O–H groups in total. The number of benzene rings is 1. The van der Waals surface area contributed by atoms with E-state index in [0.717, 1.165) is 73.0 Å². The molecular formula is C23H29N3O2S. The lowest BCUT2D eigenvalue weighted by Crippen LogP contribution is -2.41. The summed E-state index contributed by atoms with van der Waals surface area (Å²) in [5.74, 6) is 0.791. The van der Waals surface area contributed by atoms with Gasteiger partial charge in [-0.05, 0) is 44.9 Å². The zero-order valence-corrected chi connectivity index (χ0v) is 17.9. The molecule has 2 fully saturated rings. The van der Waals surface area contributed by atoms with Crippen LogP contribution in [0.2, 0.25) is 0 Å². The van der Waals surface area contributed by atoms with Gasteiger partial charge in [0.1, 0.15) is 9.88 Å². The molecule has 154 valence electrons. The molecule has 2 saturated heterocycles. The van der Waals surface area contributed by atoms with Crippen LogP contribution in [0.15, 0.2) is 30.3 Å². The Morgan fingerprint density at radius 3 is 2.38 bits per heavy atom. The Morgan fingerprint density at radius 2 is 1.69 bits per heavy atom. The van der Waals surface area contributed by atoms with Gasteiger partial charge in [-0.25, -0.2) is 4.98 Å². The van der Waals surface area contributed by atoms with E-state index in [9.17, 15) is 9.59 Å². The number of likely N-dealkylation sites (tertiary alicyclic amines) is 2. The number of aromatic nitrogens is 1. The monoisotopic (exact) mass is 411 g/mol. The lowest BCUT2D eigenvalue weighted by atomic mass is 9.92. The highest BCUT2D eigenvalue weighted by Gasteiger charge is 2.28. The van der Waals surface area contributed by atoms with Gasteiger partial charge in [-0.1, -0.05) is 30.3 Å². The average molecular weight is 412 g/mol. The van der Waals surface area contributed by atoms with Crippen molar-refractivity contribution >= 4 is 23.2 Å². The molecule has 0 spiro atoms. The molecule has 2 aliphatic heterocycles. The Balaban J connectivity index is 1.33. The second kappa shape index (κ2) is 9.08. The quantitative estimate of drug-likeness (QED) is 0.750. The first kappa shape index (κ1) is 20.1. The number of carbonyl (C=O) groups is 2. The number of hydrogen-bond acceptors (Lipinski definition) is 4. The molecule has 0 aliphatic carbocycles. The van der Waals surface area contributed by atoms with Crippen molar-refractivity contribution in [3.05, 3.63) is 40.9 Å². The Hall–Kier alpha value is -2.21. The van der Waals surface area contributed by atoms with Crippen molar-refractivity contribution in [1.82, 2.24) is 14.8 Å². The fourth-order valence-electron chi connectivity index (χ4n) is 4.30. The summed E-state index contributed by atoms with van der Waals surface area (Å²) in [6, 6.07) is 10.0. The van der Waals surface area contributed by atoms with Crippen LogP contribution in [0.4, 0.5) is 0 Å². The lowest BCUT2D eigenvalue weighted by Gasteiger charge is -2.33. The van der Waals surface area contributed by atoms with E-state index in [1.807, 2.05) is 47.1 Å². The normalized spacial score (nSPS) is 18.1. The molecular weight excluding hydrogens is 382 g/mol. The third-order valence-corrected chi connectivity index (χ3v) is 7.28. The van der Waals surface area contributed by atoms with Gasteiger partial charge in [0, 0.05) is 38.2 Å². The minimum absolute atomic E-state index is 0.0861. The van der Waals surface area contributed by atoms with E-state index >= 15 is 0 Å². The highest BCUT2D eigenvalue weighted by Crippen LogP contribution is 2.30. The Morgan fingerprint density at radius 1 is 1.00 bits per heavy atom. The molecule has 0 saturated carbocycles. The van der Waals surface area contributed by atoms with E-state index in [-0.39, 0.29) is 5.91 Å². The van der Waals surface area contributed by atoms with Crippen molar-refractivity contribution in [2.45, 2.75) is 45.4 Å². The largest absolute Gasteiger partial charge is 0.343 e. The number of rotatable bonds is 4. The minimum Gasteiger partial charge on any atom is -0.343 e. The molecule has 1 aromatic heterocycles. The van der Waals surface area contributed by atoms with Crippen molar-refractivity contribution in [3.63, 3.8) is 0 Å². The highest BCUT2D eigenvalue weighted by atomic mass is 32.1. The number of thiazole rings is 1. The van der Waals surface area contributed by atoms with Gasteiger partial charge in [-0.3, -0.25) is 9.59 Å². The SMILES string of the molecule is Cc1nc(-c2ccccc2)sc1C(=O)N1CCC(CC(=O)N2CCCCC2)CC1. The van der Waals surface area contributed by atoms with Gasteiger partial charge < -0.3 is 9.80 Å². The predicted octanol–water partition coefficient (Wildman–Crippen LogP) is 4.37. The van der Waals surface area contributed by atoms with Crippen molar-refractivity contribution in [3.8, 4) is 10.6 Å². The first-order chi connectivity index (χ1) is 14.1. The van der Waals surface area contributed by atoms with E-state index in [2.05, 4.69) is 4.98 Å². The number of carbonyl (C=O) groups excluding carboxylic acids is 2. The fraction of sp³-hybridized carbons (Fsp3) is 0.522. The van der Waals surface area contributed by atoms with Crippen molar-refractivity contribution in [1.29, 1.82) is 0 Å². The summed E-state index contributed by atoms with van der Waals surface area (Å²) >= 11 is 1.48. The standard InChI is InChI=1S/C23H29N3O2S/c1-17-21(29-22(24-17)19-8-4-2-5-9-19)23(28)26-14-10-18(11-15-26)16-20(27)25-12-6-3-7-13-25/h2,4-5,8-9,18H,3,6-7,10-16H2,1H3. The van der Waals surface area contributed by atoms with Crippen LogP contribution in [0.3, 0.4) is 0 Å². The number of amides is 2. The second-order valence-corrected chi connectivity index (χ2v) is 9.18. The molecule has 3 heterocycles. The summed E-state index contributed by atoms with van der Waals surface area (Å²) in [4.78, 5) is 34.9. The van der Waals surface area contributed by atoms with E-state index < -0.39 is 0 Å². The molecule has 0 unspecified atom stereocenters. The van der Waals surface area contributed by atoms with Crippen molar-refractivity contribution < 1.29 is 9.59 Å². The second-order valence-electron chi connectivity index (χ2n) is 8.18. The molecule has 2 aliphatic rings. The zero-order chi connectivity index (χ0) is 20.2. The molecule has 2 amide bonds. The Bertz CT molecular complexity index is 850. The number of aryl methyl sites for hydroxylation is 1. The third kappa shape index (κ3) is 4.69. The van der Waals surface area contributed by atoms with Crippen LogP contribution < -0.4 is 0 Å². The fourth-order valence-corrected chi connectivity index (χ4v) is 5.34. The molecule has 5 nitrogen and oxygen atoms in total. The first-order valence-corrected chi connectivity index (χ1v) is 11.5. The van der Waals surface area contributed by atoms with Crippen LogP contribution in [0.25, 0.3) is 10.6 Å². The summed E-state index contributed by atoms with van der Waals surface area (Å²) in [5, 5.41) is 0.897. The molecule has 0 bridgehead atoms. The topological polar surface area (TPSA) is 53.5 Å². The summed E-state index contributed by atoms with van der Waals surface area (Å²) < 4.78 is 0. The van der Waals surface area contributed by atoms with Crippen LogP contribution in [0, 0.1) is 12.8 Å². The van der Waals surface area contributed by atoms with Crippen LogP contribution in [-0.2, 0) is 4.79 Å². The average Bonchev–Trinajstić information content (AvgIpc) is 3.16. The van der Waals surface area contributed by atoms with E-state index in [1.165, 1.54) is 17.8 Å². The van der Waals surface area contributed by atoms with Crippen molar-refractivity contribution in [2.24, 2.45) is 5.92 Å². The smallest absolute Gasteiger partial charge is 0.265 e. The maximum Gasteiger partial charge on any atom is 0.265 e. The Kier molecular flexibility index (Phi) is 6.28. The van der Waals surface area contributed by atoms with Gasteiger partial charge in [-0.15, -0.1) is 11.3 Å². The molecule has 29 heavy (non-hydrogen) atoms. The number of piperidine rings is 2. The number of hydrogen-bond donors (Lipinski definition) is 0. The molecule has 6 heteroatoms. The van der Waals surface area contributed by atoms with E-state index in [1.54, 1.807) is 0 Å². The van der Waals surface area contributed by atoms with Crippen LogP contribution in [-0.4, -0.2) is 52.8 Å². The molecule has 0 atom stereocenters. The van der Waals surface area contributed by atoms with Gasteiger partial charge >= 0.3 is 0 Å². The summed E-state index contributed by atoms with van der Waals surface area (Å²) in [5.41, 5.74) is 1.86. The number of nitrogens with zero attached hydrogens (tertiary/aromatic N) is 3. The van der Waals surface area contributed by atoms with Gasteiger partial charge in [0.15, 0.2) is 0 Å². The van der Waals surface area contributed by atoms with E-state index in [4.69, 9.17) is 0 Å². The van der Waals surface area contributed by atoms with Gasteiger partial charge in [0.25, 0.3) is 5.91 Å². The zero-order valence-electron chi connectivity index (χ0n) is 17.1. The van der Waals surface area contributed by atoms with Crippen LogP contribution in [0.1, 0.15) is 53.9 Å². The summed E-state index contributed by atoms with van der Waals surface area (Å²) in [6.45, 7) is 5.22. The summed E-state index contributed by atoms with van der Waals surface area (Å²) in [7, 11) is 0.